The van der Waals surface area contributed by atoms with Gasteiger partial charge in [0.05, 0.1) is 11.8 Å². The fourth-order valence-electron chi connectivity index (χ4n) is 6.89. The number of carboxylic acids is 2. The molecular weight excluding hydrogens is 524 g/mol. The maximum absolute atomic E-state index is 12.1. The Bertz CT molecular complexity index is 993. The Kier molecular flexibility index (Phi) is 12.6. The highest BCUT2D eigenvalue weighted by atomic mass is 32.1. The van der Waals surface area contributed by atoms with Gasteiger partial charge in [-0.05, 0) is 68.9 Å². The maximum atomic E-state index is 12.1. The summed E-state index contributed by atoms with van der Waals surface area (Å²) >= 11 is 3.81. The molecule has 218 valence electrons. The number of rotatable bonds is 4. The zero-order chi connectivity index (χ0) is 27.5. The molecule has 0 saturated heterocycles. The number of carboxylic acid groups (broad SMARTS) is 2. The van der Waals surface area contributed by atoms with Crippen LogP contribution in [-0.4, -0.2) is 22.2 Å². The third-order valence-electron chi connectivity index (χ3n) is 9.39. The summed E-state index contributed by atoms with van der Waals surface area (Å²) in [6.07, 6.45) is 23.5. The van der Waals surface area contributed by atoms with Crippen LogP contribution in [0.5, 0.6) is 0 Å². The van der Waals surface area contributed by atoms with Crippen LogP contribution in [0.2, 0.25) is 0 Å². The van der Waals surface area contributed by atoms with Gasteiger partial charge in [0.1, 0.15) is 0 Å². The van der Waals surface area contributed by atoms with E-state index in [0.717, 1.165) is 57.8 Å². The molecule has 4 rings (SSSR count). The average molecular weight is 575 g/mol. The lowest BCUT2D eigenvalue weighted by atomic mass is 9.85. The summed E-state index contributed by atoms with van der Waals surface area (Å²) in [6, 6.07) is 4.78. The van der Waals surface area contributed by atoms with Gasteiger partial charge in [0, 0.05) is 19.2 Å². The quantitative estimate of drug-likeness (QED) is 0.381. The predicted molar refractivity (Wildman–Crippen MR) is 164 cm³/mol. The lowest BCUT2D eigenvalue weighted by Crippen LogP contribution is -2.17. The molecule has 2 N–H and O–H groups in total. The summed E-state index contributed by atoms with van der Waals surface area (Å²) in [5, 5.41) is 19.8. The SMILES string of the molecule is O=C(O)C1CCCCCCCCCC(c2cc3sc(C4CCCCCCCCCC(C(=O)O)C4)cc3s2)CC1. The van der Waals surface area contributed by atoms with Crippen molar-refractivity contribution in [2.24, 2.45) is 11.8 Å². The molecule has 0 aliphatic heterocycles. The van der Waals surface area contributed by atoms with Crippen molar-refractivity contribution in [1.29, 1.82) is 0 Å². The van der Waals surface area contributed by atoms with Gasteiger partial charge in [-0.25, -0.2) is 0 Å². The summed E-state index contributed by atoms with van der Waals surface area (Å²) in [4.78, 5) is 26.8. The van der Waals surface area contributed by atoms with Crippen molar-refractivity contribution in [2.45, 2.75) is 147 Å². The number of carbonyl (C=O) groups is 2. The molecule has 0 radical (unpaired) electrons. The van der Waals surface area contributed by atoms with Crippen molar-refractivity contribution in [2.75, 3.05) is 0 Å². The van der Waals surface area contributed by atoms with Crippen molar-refractivity contribution in [3.63, 3.8) is 0 Å². The minimum atomic E-state index is -0.615. The third-order valence-corrected chi connectivity index (χ3v) is 12.0. The van der Waals surface area contributed by atoms with Gasteiger partial charge in [0.25, 0.3) is 0 Å². The molecule has 0 amide bonds. The average Bonchev–Trinajstić information content (AvgIpc) is 3.47. The van der Waals surface area contributed by atoms with E-state index in [4.69, 9.17) is 0 Å². The minimum Gasteiger partial charge on any atom is -0.481 e. The molecule has 39 heavy (non-hydrogen) atoms. The van der Waals surface area contributed by atoms with E-state index in [-0.39, 0.29) is 11.8 Å². The lowest BCUT2D eigenvalue weighted by molar-refractivity contribution is -0.143. The smallest absolute Gasteiger partial charge is 0.306 e. The number of fused-ring (bicyclic) bond motifs is 1. The molecule has 4 nitrogen and oxygen atoms in total. The molecule has 2 aromatic heterocycles. The number of thiophene rings is 2. The fourth-order valence-corrected chi connectivity index (χ4v) is 9.63. The fraction of sp³-hybridized carbons (Fsp3) is 0.758. The number of hydrogen-bond acceptors (Lipinski definition) is 4. The van der Waals surface area contributed by atoms with E-state index in [1.165, 1.54) is 96.2 Å². The summed E-state index contributed by atoms with van der Waals surface area (Å²) in [5.74, 6) is -0.858. The molecule has 2 heterocycles. The van der Waals surface area contributed by atoms with Crippen molar-refractivity contribution >= 4 is 44.0 Å². The van der Waals surface area contributed by atoms with Gasteiger partial charge < -0.3 is 10.2 Å². The zero-order valence-electron chi connectivity index (χ0n) is 23.8. The molecule has 2 saturated carbocycles. The lowest BCUT2D eigenvalue weighted by Gasteiger charge is -2.21. The van der Waals surface area contributed by atoms with Gasteiger partial charge in [-0.2, -0.15) is 0 Å². The van der Waals surface area contributed by atoms with Gasteiger partial charge in [-0.3, -0.25) is 9.59 Å². The van der Waals surface area contributed by atoms with Crippen LogP contribution in [0.4, 0.5) is 0 Å². The van der Waals surface area contributed by atoms with E-state index in [1.807, 2.05) is 22.7 Å². The van der Waals surface area contributed by atoms with Crippen LogP contribution in [0.1, 0.15) is 156 Å². The number of hydrogen-bond donors (Lipinski definition) is 2. The molecule has 6 heteroatoms. The first-order chi connectivity index (χ1) is 19.0. The third kappa shape index (κ3) is 9.59. The first kappa shape index (κ1) is 30.6. The van der Waals surface area contributed by atoms with Crippen LogP contribution >= 0.6 is 22.7 Å². The molecule has 2 aromatic rings. The molecule has 2 fully saturated rings. The second-order valence-electron chi connectivity index (χ2n) is 12.4. The van der Waals surface area contributed by atoms with Crippen LogP contribution in [0, 0.1) is 11.8 Å². The van der Waals surface area contributed by atoms with Gasteiger partial charge in [0.2, 0.25) is 0 Å². The van der Waals surface area contributed by atoms with Gasteiger partial charge in [-0.15, -0.1) is 22.7 Å². The molecule has 0 spiro atoms. The Labute approximate surface area is 243 Å². The standard InChI is InChI=1S/C33H50O4S2/c34-32(35)25-16-12-8-4-1-3-7-11-15-24(19-20-25)28-22-30-31(38-28)23-29(39-30)26-17-13-9-5-2-6-10-14-18-27(21-26)33(36)37/h22-27H,1-21H2,(H,34,35)(H,36,37). The van der Waals surface area contributed by atoms with Gasteiger partial charge in [0.15, 0.2) is 0 Å². The number of aliphatic carboxylic acids is 2. The summed E-state index contributed by atoms with van der Waals surface area (Å²) in [5.41, 5.74) is 0. The van der Waals surface area contributed by atoms with Gasteiger partial charge >= 0.3 is 11.9 Å². The molecular formula is C33H50O4S2. The summed E-state index contributed by atoms with van der Waals surface area (Å²) < 4.78 is 2.70. The van der Waals surface area contributed by atoms with Crippen molar-refractivity contribution in [3.05, 3.63) is 21.9 Å². The highest BCUT2D eigenvalue weighted by Gasteiger charge is 2.26. The molecule has 4 atom stereocenters. The van der Waals surface area contributed by atoms with E-state index < -0.39 is 11.9 Å². The van der Waals surface area contributed by atoms with Crippen molar-refractivity contribution in [3.8, 4) is 0 Å². The minimum absolute atomic E-state index is 0.204. The van der Waals surface area contributed by atoms with Crippen LogP contribution in [-0.2, 0) is 9.59 Å². The summed E-state index contributed by atoms with van der Waals surface area (Å²) in [6.45, 7) is 0. The van der Waals surface area contributed by atoms with E-state index >= 15 is 0 Å². The van der Waals surface area contributed by atoms with Crippen molar-refractivity contribution < 1.29 is 19.8 Å². The molecule has 0 aromatic carbocycles. The van der Waals surface area contributed by atoms with E-state index in [1.54, 1.807) is 0 Å². The van der Waals surface area contributed by atoms with E-state index in [0.29, 0.717) is 11.8 Å². The summed E-state index contributed by atoms with van der Waals surface area (Å²) in [7, 11) is 0. The molecule has 2 aliphatic rings. The first-order valence-corrected chi connectivity index (χ1v) is 17.6. The van der Waals surface area contributed by atoms with Crippen molar-refractivity contribution in [1.82, 2.24) is 0 Å². The Balaban J connectivity index is 1.49. The van der Waals surface area contributed by atoms with Crippen LogP contribution in [0.25, 0.3) is 9.40 Å². The molecule has 0 bridgehead atoms. The Morgan fingerprint density at radius 3 is 1.44 bits per heavy atom. The highest BCUT2D eigenvalue weighted by molar-refractivity contribution is 7.27. The molecule has 2 aliphatic carbocycles. The second-order valence-corrected chi connectivity index (χ2v) is 14.6. The Morgan fingerprint density at radius 2 is 0.923 bits per heavy atom. The Morgan fingerprint density at radius 1 is 0.513 bits per heavy atom. The molecule has 4 unspecified atom stereocenters. The highest BCUT2D eigenvalue weighted by Crippen LogP contribution is 2.44. The normalized spacial score (nSPS) is 27.8. The first-order valence-electron chi connectivity index (χ1n) is 16.0. The van der Waals surface area contributed by atoms with E-state index in [9.17, 15) is 19.8 Å². The monoisotopic (exact) mass is 574 g/mol. The Hall–Kier alpha value is -1.40. The topological polar surface area (TPSA) is 74.6 Å². The second kappa shape index (κ2) is 16.1. The van der Waals surface area contributed by atoms with Crippen LogP contribution < -0.4 is 0 Å². The van der Waals surface area contributed by atoms with Gasteiger partial charge in [-0.1, -0.05) is 89.9 Å². The zero-order valence-corrected chi connectivity index (χ0v) is 25.5. The predicted octanol–water partition coefficient (Wildman–Crippen LogP) is 10.8. The van der Waals surface area contributed by atoms with Crippen LogP contribution in [0.15, 0.2) is 12.1 Å². The largest absolute Gasteiger partial charge is 0.481 e. The maximum Gasteiger partial charge on any atom is 0.306 e. The van der Waals surface area contributed by atoms with Crippen LogP contribution in [0.3, 0.4) is 0 Å². The van der Waals surface area contributed by atoms with E-state index in [2.05, 4.69) is 12.1 Å².